The monoisotopic (exact) mass is 137 g/mol. The van der Waals surface area contributed by atoms with Crippen molar-refractivity contribution in [3.05, 3.63) is 18.6 Å². The highest BCUT2D eigenvalue weighted by atomic mass is 15.0. The van der Waals surface area contributed by atoms with Crippen LogP contribution in [0.2, 0.25) is 0 Å². The lowest BCUT2D eigenvalue weighted by molar-refractivity contribution is 0.965. The molecular weight excluding hydrogens is 126 g/mol. The largest absolute Gasteiger partial charge is 0.370 e. The zero-order valence-electron chi connectivity index (χ0n) is 6.04. The molecule has 1 aromatic rings. The van der Waals surface area contributed by atoms with Gasteiger partial charge in [-0.15, -0.1) is 0 Å². The van der Waals surface area contributed by atoms with Gasteiger partial charge in [0, 0.05) is 12.7 Å². The first-order valence-electron chi connectivity index (χ1n) is 3.43. The minimum Gasteiger partial charge on any atom is -0.370 e. The van der Waals surface area contributed by atoms with Crippen molar-refractivity contribution in [1.29, 1.82) is 0 Å². The zero-order chi connectivity index (χ0) is 7.23. The van der Waals surface area contributed by atoms with E-state index >= 15 is 0 Å². The average molecular weight is 137 g/mol. The number of nitrogens with one attached hydrogen (secondary N) is 1. The van der Waals surface area contributed by atoms with Crippen LogP contribution in [0.15, 0.2) is 18.6 Å². The van der Waals surface area contributed by atoms with E-state index < -0.39 is 0 Å². The van der Waals surface area contributed by atoms with E-state index in [1.165, 1.54) is 6.33 Å². The SMILES string of the molecule is CCCNc1ccncn1. The molecule has 1 aromatic heterocycles. The molecule has 54 valence electrons. The van der Waals surface area contributed by atoms with Gasteiger partial charge < -0.3 is 5.32 Å². The van der Waals surface area contributed by atoms with Gasteiger partial charge in [0.15, 0.2) is 0 Å². The molecule has 0 atom stereocenters. The number of nitrogens with zero attached hydrogens (tertiary/aromatic N) is 2. The Kier molecular flexibility index (Phi) is 2.67. The Morgan fingerprint density at radius 1 is 1.60 bits per heavy atom. The van der Waals surface area contributed by atoms with Gasteiger partial charge in [-0.2, -0.15) is 0 Å². The van der Waals surface area contributed by atoms with Crippen LogP contribution >= 0.6 is 0 Å². The molecule has 1 heterocycles. The lowest BCUT2D eigenvalue weighted by Gasteiger charge is -2.00. The number of anilines is 1. The lowest BCUT2D eigenvalue weighted by atomic mass is 10.5. The van der Waals surface area contributed by atoms with E-state index in [1.54, 1.807) is 6.20 Å². The van der Waals surface area contributed by atoms with Crippen LogP contribution in [0.1, 0.15) is 13.3 Å². The molecule has 0 spiro atoms. The number of rotatable bonds is 3. The van der Waals surface area contributed by atoms with E-state index in [1.807, 2.05) is 6.07 Å². The summed E-state index contributed by atoms with van der Waals surface area (Å²) in [5.41, 5.74) is 0. The van der Waals surface area contributed by atoms with Gasteiger partial charge >= 0.3 is 0 Å². The zero-order valence-corrected chi connectivity index (χ0v) is 6.04. The summed E-state index contributed by atoms with van der Waals surface area (Å²) in [6, 6.07) is 1.86. The summed E-state index contributed by atoms with van der Waals surface area (Å²) >= 11 is 0. The standard InChI is InChI=1S/C7H11N3/c1-2-4-9-7-3-5-8-6-10-7/h3,5-6H,2,4H2,1H3,(H,8,9,10). The Morgan fingerprint density at radius 3 is 3.10 bits per heavy atom. The van der Waals surface area contributed by atoms with Crippen molar-refractivity contribution >= 4 is 5.82 Å². The molecule has 0 fully saturated rings. The Hall–Kier alpha value is -1.12. The second kappa shape index (κ2) is 3.82. The fourth-order valence-corrected chi connectivity index (χ4v) is 0.648. The highest BCUT2D eigenvalue weighted by molar-refractivity contribution is 5.30. The first-order valence-corrected chi connectivity index (χ1v) is 3.43. The smallest absolute Gasteiger partial charge is 0.129 e. The summed E-state index contributed by atoms with van der Waals surface area (Å²) in [6.07, 6.45) is 4.38. The van der Waals surface area contributed by atoms with Gasteiger partial charge in [0.05, 0.1) is 0 Å². The molecule has 0 aliphatic carbocycles. The second-order valence-electron chi connectivity index (χ2n) is 2.02. The first-order chi connectivity index (χ1) is 4.93. The highest BCUT2D eigenvalue weighted by Gasteiger charge is 1.86. The fourth-order valence-electron chi connectivity index (χ4n) is 0.648. The van der Waals surface area contributed by atoms with Gasteiger partial charge in [-0.25, -0.2) is 9.97 Å². The molecule has 0 amide bonds. The van der Waals surface area contributed by atoms with Crippen molar-refractivity contribution in [3.8, 4) is 0 Å². The third kappa shape index (κ3) is 2.01. The Balaban J connectivity index is 2.43. The maximum atomic E-state index is 3.99. The summed E-state index contributed by atoms with van der Waals surface area (Å²) in [4.78, 5) is 7.80. The van der Waals surface area contributed by atoms with Gasteiger partial charge in [-0.1, -0.05) is 6.92 Å². The van der Waals surface area contributed by atoms with Crippen LogP contribution in [0.4, 0.5) is 5.82 Å². The molecular formula is C7H11N3. The van der Waals surface area contributed by atoms with Gasteiger partial charge in [-0.3, -0.25) is 0 Å². The third-order valence-electron chi connectivity index (χ3n) is 1.14. The molecule has 1 N–H and O–H groups in total. The van der Waals surface area contributed by atoms with E-state index in [4.69, 9.17) is 0 Å². The molecule has 0 aliphatic rings. The van der Waals surface area contributed by atoms with Crippen LogP contribution in [-0.4, -0.2) is 16.5 Å². The van der Waals surface area contributed by atoms with Crippen LogP contribution < -0.4 is 5.32 Å². The van der Waals surface area contributed by atoms with E-state index in [0.29, 0.717) is 0 Å². The predicted molar refractivity (Wildman–Crippen MR) is 40.8 cm³/mol. The quantitative estimate of drug-likeness (QED) is 0.682. The molecule has 0 saturated carbocycles. The van der Waals surface area contributed by atoms with Crippen molar-refractivity contribution in [1.82, 2.24) is 9.97 Å². The van der Waals surface area contributed by atoms with E-state index in [2.05, 4.69) is 22.2 Å². The molecule has 3 nitrogen and oxygen atoms in total. The summed E-state index contributed by atoms with van der Waals surface area (Å²) in [7, 11) is 0. The minimum atomic E-state index is 0.900. The maximum absolute atomic E-state index is 3.99. The average Bonchev–Trinajstić information content (AvgIpc) is 2.03. The van der Waals surface area contributed by atoms with Gasteiger partial charge in [-0.05, 0) is 12.5 Å². The minimum absolute atomic E-state index is 0.900. The Labute approximate surface area is 60.5 Å². The molecule has 0 saturated heterocycles. The molecule has 10 heavy (non-hydrogen) atoms. The highest BCUT2D eigenvalue weighted by Crippen LogP contribution is 1.96. The number of hydrogen-bond donors (Lipinski definition) is 1. The van der Waals surface area contributed by atoms with Crippen molar-refractivity contribution in [3.63, 3.8) is 0 Å². The Bertz CT molecular complexity index is 173. The normalized spacial score (nSPS) is 9.30. The van der Waals surface area contributed by atoms with Gasteiger partial charge in [0.2, 0.25) is 0 Å². The number of hydrogen-bond acceptors (Lipinski definition) is 3. The van der Waals surface area contributed by atoms with Crippen LogP contribution in [0.3, 0.4) is 0 Å². The first kappa shape index (κ1) is 6.99. The van der Waals surface area contributed by atoms with Crippen LogP contribution in [0, 0.1) is 0 Å². The molecule has 3 heteroatoms. The summed E-state index contributed by atoms with van der Waals surface area (Å²) < 4.78 is 0. The summed E-state index contributed by atoms with van der Waals surface area (Å²) in [6.45, 7) is 3.09. The third-order valence-corrected chi connectivity index (χ3v) is 1.14. The number of aromatic nitrogens is 2. The predicted octanol–water partition coefficient (Wildman–Crippen LogP) is 1.30. The second-order valence-corrected chi connectivity index (χ2v) is 2.02. The van der Waals surface area contributed by atoms with E-state index in [0.717, 1.165) is 18.8 Å². The molecule has 0 radical (unpaired) electrons. The van der Waals surface area contributed by atoms with Crippen molar-refractivity contribution < 1.29 is 0 Å². The van der Waals surface area contributed by atoms with Crippen LogP contribution in [-0.2, 0) is 0 Å². The van der Waals surface area contributed by atoms with E-state index in [9.17, 15) is 0 Å². The Morgan fingerprint density at radius 2 is 2.50 bits per heavy atom. The molecule has 0 aromatic carbocycles. The summed E-state index contributed by atoms with van der Waals surface area (Å²) in [5.74, 6) is 0.900. The van der Waals surface area contributed by atoms with Crippen LogP contribution in [0.25, 0.3) is 0 Å². The van der Waals surface area contributed by atoms with Crippen molar-refractivity contribution in [2.24, 2.45) is 0 Å². The van der Waals surface area contributed by atoms with Crippen molar-refractivity contribution in [2.45, 2.75) is 13.3 Å². The van der Waals surface area contributed by atoms with Gasteiger partial charge in [0.1, 0.15) is 12.1 Å². The van der Waals surface area contributed by atoms with E-state index in [-0.39, 0.29) is 0 Å². The van der Waals surface area contributed by atoms with Crippen LogP contribution in [0.5, 0.6) is 0 Å². The fraction of sp³-hybridized carbons (Fsp3) is 0.429. The molecule has 1 rings (SSSR count). The van der Waals surface area contributed by atoms with Gasteiger partial charge in [0.25, 0.3) is 0 Å². The molecule has 0 bridgehead atoms. The van der Waals surface area contributed by atoms with Crippen molar-refractivity contribution in [2.75, 3.05) is 11.9 Å². The topological polar surface area (TPSA) is 37.8 Å². The molecule has 0 aliphatic heterocycles. The summed E-state index contributed by atoms with van der Waals surface area (Å²) in [5, 5.41) is 3.14. The molecule has 0 unspecified atom stereocenters. The maximum Gasteiger partial charge on any atom is 0.129 e. The lowest BCUT2D eigenvalue weighted by Crippen LogP contribution is -2.00.